The van der Waals surface area contributed by atoms with E-state index in [-0.39, 0.29) is 6.61 Å². The summed E-state index contributed by atoms with van der Waals surface area (Å²) in [6.45, 7) is 2.03. The van der Waals surface area contributed by atoms with Crippen LogP contribution >= 0.6 is 15.9 Å². The van der Waals surface area contributed by atoms with Gasteiger partial charge in [-0.2, -0.15) is 0 Å². The van der Waals surface area contributed by atoms with Gasteiger partial charge in [0.15, 0.2) is 6.61 Å². The van der Waals surface area contributed by atoms with Crippen LogP contribution in [0.3, 0.4) is 0 Å². The van der Waals surface area contributed by atoms with Crippen LogP contribution in [0.1, 0.15) is 18.9 Å². The zero-order valence-electron chi connectivity index (χ0n) is 11.8. The van der Waals surface area contributed by atoms with Crippen LogP contribution < -0.4 is 9.47 Å². The summed E-state index contributed by atoms with van der Waals surface area (Å²) in [5.74, 6) is 0.752. The summed E-state index contributed by atoms with van der Waals surface area (Å²) in [6.07, 6.45) is 2.16. The van der Waals surface area contributed by atoms with E-state index in [1.807, 2.05) is 36.4 Å². The van der Waals surface area contributed by atoms with Gasteiger partial charge in [0.25, 0.3) is 0 Å². The quantitative estimate of drug-likeness (QED) is 0.573. The van der Waals surface area contributed by atoms with Gasteiger partial charge in [-0.3, -0.25) is 0 Å². The van der Waals surface area contributed by atoms with Gasteiger partial charge in [-0.05, 0) is 48.4 Å². The number of aryl methyl sites for hydroxylation is 1. The lowest BCUT2D eigenvalue weighted by Crippen LogP contribution is -2.17. The van der Waals surface area contributed by atoms with Crippen molar-refractivity contribution in [1.82, 2.24) is 0 Å². The first-order valence-electron chi connectivity index (χ1n) is 6.85. The van der Waals surface area contributed by atoms with Gasteiger partial charge in [0.05, 0.1) is 0 Å². The Morgan fingerprint density at radius 2 is 1.62 bits per heavy atom. The summed E-state index contributed by atoms with van der Waals surface area (Å²) in [4.78, 5) is 11.7. The van der Waals surface area contributed by atoms with Gasteiger partial charge in [-0.1, -0.05) is 41.4 Å². The predicted molar refractivity (Wildman–Crippen MR) is 85.7 cm³/mol. The molecule has 3 nitrogen and oxygen atoms in total. The highest BCUT2D eigenvalue weighted by Gasteiger charge is 2.06. The second-order valence-electron chi connectivity index (χ2n) is 4.61. The molecule has 0 fully saturated rings. The number of rotatable bonds is 6. The maximum absolute atomic E-state index is 11.7. The average Bonchev–Trinajstić information content (AvgIpc) is 2.49. The van der Waals surface area contributed by atoms with Crippen molar-refractivity contribution in [3.63, 3.8) is 0 Å². The third-order valence-corrected chi connectivity index (χ3v) is 3.39. The van der Waals surface area contributed by atoms with Crippen molar-refractivity contribution in [3.8, 4) is 11.5 Å². The highest BCUT2D eigenvalue weighted by molar-refractivity contribution is 9.10. The molecule has 110 valence electrons. The van der Waals surface area contributed by atoms with Gasteiger partial charge in [0.1, 0.15) is 11.5 Å². The monoisotopic (exact) mass is 348 g/mol. The van der Waals surface area contributed by atoms with Crippen LogP contribution in [-0.4, -0.2) is 12.6 Å². The predicted octanol–water partition coefficient (Wildman–Crippen LogP) is 4.39. The fourth-order valence-corrected chi connectivity index (χ4v) is 2.11. The van der Waals surface area contributed by atoms with E-state index in [0.29, 0.717) is 11.5 Å². The van der Waals surface area contributed by atoms with Crippen molar-refractivity contribution in [2.45, 2.75) is 19.8 Å². The van der Waals surface area contributed by atoms with Crippen molar-refractivity contribution in [3.05, 3.63) is 58.6 Å². The van der Waals surface area contributed by atoms with Crippen molar-refractivity contribution in [2.75, 3.05) is 6.61 Å². The number of hydrogen-bond donors (Lipinski definition) is 0. The van der Waals surface area contributed by atoms with E-state index < -0.39 is 5.97 Å². The fraction of sp³-hybridized carbons (Fsp3) is 0.235. The van der Waals surface area contributed by atoms with E-state index >= 15 is 0 Å². The molecule has 0 N–H and O–H groups in total. The van der Waals surface area contributed by atoms with E-state index in [9.17, 15) is 4.79 Å². The van der Waals surface area contributed by atoms with Crippen LogP contribution in [0.4, 0.5) is 0 Å². The normalized spacial score (nSPS) is 10.2. The summed E-state index contributed by atoms with van der Waals surface area (Å²) in [5.41, 5.74) is 1.27. The Kier molecular flexibility index (Phi) is 5.81. The Balaban J connectivity index is 1.81. The number of hydrogen-bond acceptors (Lipinski definition) is 3. The van der Waals surface area contributed by atoms with Crippen molar-refractivity contribution >= 4 is 21.9 Å². The second kappa shape index (κ2) is 7.84. The number of benzene rings is 2. The minimum Gasteiger partial charge on any atom is -0.482 e. The lowest BCUT2D eigenvalue weighted by molar-refractivity contribution is -0.136. The summed E-state index contributed by atoms with van der Waals surface area (Å²) >= 11 is 3.32. The fourth-order valence-electron chi connectivity index (χ4n) is 1.85. The van der Waals surface area contributed by atoms with Crippen LogP contribution in [0.5, 0.6) is 11.5 Å². The summed E-state index contributed by atoms with van der Waals surface area (Å²) < 4.78 is 11.5. The molecule has 0 saturated heterocycles. The Bertz CT molecular complexity index is 576. The van der Waals surface area contributed by atoms with E-state index in [1.165, 1.54) is 5.56 Å². The average molecular weight is 349 g/mol. The number of ether oxygens (including phenoxy) is 2. The lowest BCUT2D eigenvalue weighted by atomic mass is 10.1. The van der Waals surface area contributed by atoms with Crippen LogP contribution in [0, 0.1) is 0 Å². The highest BCUT2D eigenvalue weighted by atomic mass is 79.9. The van der Waals surface area contributed by atoms with Crippen LogP contribution in [-0.2, 0) is 11.2 Å². The Hall–Kier alpha value is -1.81. The molecule has 0 bridgehead atoms. The lowest BCUT2D eigenvalue weighted by Gasteiger charge is -2.07. The van der Waals surface area contributed by atoms with Gasteiger partial charge in [-0.15, -0.1) is 0 Å². The minimum atomic E-state index is -0.421. The maximum atomic E-state index is 11.7. The molecule has 0 aliphatic carbocycles. The third kappa shape index (κ3) is 5.23. The molecule has 0 spiro atoms. The highest BCUT2D eigenvalue weighted by Crippen LogP contribution is 2.17. The van der Waals surface area contributed by atoms with Gasteiger partial charge < -0.3 is 9.47 Å². The van der Waals surface area contributed by atoms with Crippen LogP contribution in [0.25, 0.3) is 0 Å². The second-order valence-corrected chi connectivity index (χ2v) is 5.53. The zero-order valence-corrected chi connectivity index (χ0v) is 13.4. The third-order valence-electron chi connectivity index (χ3n) is 2.86. The van der Waals surface area contributed by atoms with Gasteiger partial charge in [-0.25, -0.2) is 4.79 Å². The molecule has 0 unspecified atom stereocenters. The minimum absolute atomic E-state index is 0.108. The van der Waals surface area contributed by atoms with Crippen molar-refractivity contribution in [2.24, 2.45) is 0 Å². The molecular weight excluding hydrogens is 332 g/mol. The van der Waals surface area contributed by atoms with E-state index in [4.69, 9.17) is 9.47 Å². The molecule has 0 radical (unpaired) electrons. The first kappa shape index (κ1) is 15.6. The number of esters is 1. The van der Waals surface area contributed by atoms with E-state index in [0.717, 1.165) is 17.3 Å². The molecule has 0 saturated carbocycles. The van der Waals surface area contributed by atoms with E-state index in [1.54, 1.807) is 12.1 Å². The summed E-state index contributed by atoms with van der Waals surface area (Å²) in [7, 11) is 0. The summed E-state index contributed by atoms with van der Waals surface area (Å²) in [6, 6.07) is 14.8. The molecular formula is C17H17BrO3. The Labute approximate surface area is 133 Å². The molecule has 0 aliphatic heterocycles. The number of carbonyl (C=O) groups excluding carboxylic acids is 1. The van der Waals surface area contributed by atoms with E-state index in [2.05, 4.69) is 22.9 Å². The smallest absolute Gasteiger partial charge is 0.349 e. The molecule has 0 heterocycles. The maximum Gasteiger partial charge on any atom is 0.349 e. The van der Waals surface area contributed by atoms with Crippen LogP contribution in [0.2, 0.25) is 0 Å². The molecule has 0 aromatic heterocycles. The molecule has 2 rings (SSSR count). The first-order valence-corrected chi connectivity index (χ1v) is 7.64. The SMILES string of the molecule is CCCc1ccc(OCC(=O)Oc2ccc(Br)cc2)cc1. The summed E-state index contributed by atoms with van der Waals surface area (Å²) in [5, 5.41) is 0. The molecule has 0 aliphatic rings. The zero-order chi connectivity index (χ0) is 15.1. The topological polar surface area (TPSA) is 35.5 Å². The van der Waals surface area contributed by atoms with Crippen molar-refractivity contribution < 1.29 is 14.3 Å². The molecule has 4 heteroatoms. The standard InChI is InChI=1S/C17H17BrO3/c1-2-3-13-4-8-15(9-5-13)20-12-17(19)21-16-10-6-14(18)7-11-16/h4-11H,2-3,12H2,1H3. The first-order chi connectivity index (χ1) is 10.2. The van der Waals surface area contributed by atoms with Gasteiger partial charge in [0, 0.05) is 4.47 Å². The molecule has 0 atom stereocenters. The van der Waals surface area contributed by atoms with Gasteiger partial charge in [0.2, 0.25) is 0 Å². The number of halogens is 1. The molecule has 2 aromatic rings. The molecule has 0 amide bonds. The molecule has 21 heavy (non-hydrogen) atoms. The van der Waals surface area contributed by atoms with Crippen LogP contribution in [0.15, 0.2) is 53.0 Å². The van der Waals surface area contributed by atoms with Gasteiger partial charge >= 0.3 is 5.97 Å². The Morgan fingerprint density at radius 1 is 1.00 bits per heavy atom. The largest absolute Gasteiger partial charge is 0.482 e. The van der Waals surface area contributed by atoms with Crippen molar-refractivity contribution in [1.29, 1.82) is 0 Å². The molecule has 2 aromatic carbocycles. The number of carbonyl (C=O) groups is 1. The Morgan fingerprint density at radius 3 is 2.24 bits per heavy atom.